The summed E-state index contributed by atoms with van der Waals surface area (Å²) in [6.45, 7) is 6.42. The normalized spacial score (nSPS) is 13.8. The maximum atomic E-state index is 12.4. The summed E-state index contributed by atoms with van der Waals surface area (Å²) >= 11 is 0. The summed E-state index contributed by atoms with van der Waals surface area (Å²) in [6, 6.07) is 14.9. The highest BCUT2D eigenvalue weighted by molar-refractivity contribution is 6.04. The average molecular weight is 351 g/mol. The van der Waals surface area contributed by atoms with Gasteiger partial charge in [0.1, 0.15) is 0 Å². The second-order valence-corrected chi connectivity index (χ2v) is 7.73. The van der Waals surface area contributed by atoms with Crippen molar-refractivity contribution in [3.05, 3.63) is 59.7 Å². The average Bonchev–Trinajstić information content (AvgIpc) is 3.40. The smallest absolute Gasteiger partial charge is 0.319 e. The fourth-order valence-electron chi connectivity index (χ4n) is 2.54. The molecule has 2 aromatic rings. The third-order valence-electron chi connectivity index (χ3n) is 4.33. The molecule has 2 aromatic carbocycles. The summed E-state index contributed by atoms with van der Waals surface area (Å²) in [5.41, 5.74) is 3.24. The Kier molecular flexibility index (Phi) is 4.98. The Morgan fingerprint density at radius 1 is 0.846 bits per heavy atom. The van der Waals surface area contributed by atoms with Gasteiger partial charge in [-0.25, -0.2) is 4.79 Å². The zero-order chi connectivity index (χ0) is 18.7. The first-order valence-corrected chi connectivity index (χ1v) is 8.91. The first-order valence-electron chi connectivity index (χ1n) is 8.91. The lowest BCUT2D eigenvalue weighted by molar-refractivity contribution is 0.102. The Hall–Kier alpha value is -2.82. The molecule has 0 unspecified atom stereocenters. The van der Waals surface area contributed by atoms with E-state index in [0.29, 0.717) is 23.0 Å². The quantitative estimate of drug-likeness (QED) is 0.758. The highest BCUT2D eigenvalue weighted by atomic mass is 16.2. The molecule has 1 aliphatic rings. The lowest BCUT2D eigenvalue weighted by Gasteiger charge is -2.19. The molecule has 0 aliphatic heterocycles. The second-order valence-electron chi connectivity index (χ2n) is 7.73. The number of hydrogen-bond donors (Lipinski definition) is 3. The molecule has 0 spiro atoms. The molecule has 1 saturated carbocycles. The molecule has 5 heteroatoms. The molecule has 0 bridgehead atoms. The molecular weight excluding hydrogens is 326 g/mol. The first kappa shape index (κ1) is 18.0. The highest BCUT2D eigenvalue weighted by Crippen LogP contribution is 2.23. The molecule has 0 heterocycles. The summed E-state index contributed by atoms with van der Waals surface area (Å²) in [4.78, 5) is 24.1. The van der Waals surface area contributed by atoms with Crippen LogP contribution in [0.3, 0.4) is 0 Å². The second kappa shape index (κ2) is 7.20. The van der Waals surface area contributed by atoms with Gasteiger partial charge >= 0.3 is 6.03 Å². The minimum Gasteiger partial charge on any atom is -0.335 e. The van der Waals surface area contributed by atoms with Crippen LogP contribution in [0, 0.1) is 0 Å². The molecule has 0 radical (unpaired) electrons. The van der Waals surface area contributed by atoms with Gasteiger partial charge in [0.2, 0.25) is 0 Å². The summed E-state index contributed by atoms with van der Waals surface area (Å²) in [6.07, 6.45) is 2.10. The molecule has 1 aliphatic carbocycles. The zero-order valence-corrected chi connectivity index (χ0v) is 15.4. The Balaban J connectivity index is 1.57. The fraction of sp³-hybridized carbons (Fsp3) is 0.333. The third-order valence-corrected chi connectivity index (χ3v) is 4.33. The van der Waals surface area contributed by atoms with Gasteiger partial charge in [0.15, 0.2) is 0 Å². The molecule has 3 N–H and O–H groups in total. The zero-order valence-electron chi connectivity index (χ0n) is 15.4. The maximum Gasteiger partial charge on any atom is 0.319 e. The van der Waals surface area contributed by atoms with Crippen molar-refractivity contribution in [3.8, 4) is 0 Å². The molecule has 26 heavy (non-hydrogen) atoms. The van der Waals surface area contributed by atoms with Gasteiger partial charge in [0.25, 0.3) is 5.91 Å². The Bertz CT molecular complexity index is 786. The van der Waals surface area contributed by atoms with Crippen molar-refractivity contribution < 1.29 is 9.59 Å². The molecule has 3 rings (SSSR count). The first-order chi connectivity index (χ1) is 12.3. The molecule has 5 nitrogen and oxygen atoms in total. The van der Waals surface area contributed by atoms with Crippen LogP contribution in [0.5, 0.6) is 0 Å². The van der Waals surface area contributed by atoms with Gasteiger partial charge in [-0.15, -0.1) is 0 Å². The lowest BCUT2D eigenvalue weighted by atomic mass is 9.87. The van der Waals surface area contributed by atoms with Crippen LogP contribution in [0.4, 0.5) is 16.2 Å². The van der Waals surface area contributed by atoms with Gasteiger partial charge in [0.05, 0.1) is 0 Å². The molecule has 0 saturated heterocycles. The van der Waals surface area contributed by atoms with E-state index < -0.39 is 0 Å². The molecule has 0 atom stereocenters. The Morgan fingerprint density at radius 2 is 1.38 bits per heavy atom. The molecule has 0 aromatic heterocycles. The van der Waals surface area contributed by atoms with E-state index in [1.165, 1.54) is 5.56 Å². The van der Waals surface area contributed by atoms with Crippen LogP contribution in [-0.4, -0.2) is 18.0 Å². The Labute approximate surface area is 154 Å². The summed E-state index contributed by atoms with van der Waals surface area (Å²) in [5, 5.41) is 8.52. The van der Waals surface area contributed by atoms with Crippen molar-refractivity contribution >= 4 is 23.3 Å². The maximum absolute atomic E-state index is 12.4. The lowest BCUT2D eigenvalue weighted by Crippen LogP contribution is -2.30. The van der Waals surface area contributed by atoms with Gasteiger partial charge in [0, 0.05) is 23.0 Å². The largest absolute Gasteiger partial charge is 0.335 e. The number of amides is 3. The van der Waals surface area contributed by atoms with E-state index in [1.54, 1.807) is 24.3 Å². The number of urea groups is 1. The summed E-state index contributed by atoms with van der Waals surface area (Å²) in [5.74, 6) is -0.155. The molecule has 3 amide bonds. The van der Waals surface area contributed by atoms with E-state index in [2.05, 4.69) is 36.7 Å². The SMILES string of the molecule is CC(C)(C)c1ccc(C(=O)Nc2ccc(NC(=O)NC3CC3)cc2)cc1. The number of nitrogens with one attached hydrogen (secondary N) is 3. The van der Waals surface area contributed by atoms with Crippen LogP contribution in [0.2, 0.25) is 0 Å². The van der Waals surface area contributed by atoms with E-state index in [1.807, 2.05) is 24.3 Å². The van der Waals surface area contributed by atoms with Crippen molar-refractivity contribution in [1.29, 1.82) is 0 Å². The third kappa shape index (κ3) is 4.85. The van der Waals surface area contributed by atoms with Crippen LogP contribution in [0.15, 0.2) is 48.5 Å². The fourth-order valence-corrected chi connectivity index (χ4v) is 2.54. The van der Waals surface area contributed by atoms with Gasteiger partial charge in [-0.3, -0.25) is 4.79 Å². The van der Waals surface area contributed by atoms with Crippen molar-refractivity contribution in [3.63, 3.8) is 0 Å². The van der Waals surface area contributed by atoms with Crippen LogP contribution in [0.25, 0.3) is 0 Å². The Morgan fingerprint density at radius 3 is 1.88 bits per heavy atom. The van der Waals surface area contributed by atoms with E-state index in [-0.39, 0.29) is 17.4 Å². The van der Waals surface area contributed by atoms with E-state index in [4.69, 9.17) is 0 Å². The van der Waals surface area contributed by atoms with Crippen molar-refractivity contribution in [1.82, 2.24) is 5.32 Å². The number of benzene rings is 2. The number of carbonyl (C=O) groups excluding carboxylic acids is 2. The van der Waals surface area contributed by atoms with Crippen molar-refractivity contribution in [2.45, 2.75) is 45.1 Å². The standard InChI is InChI=1S/C21H25N3O2/c1-21(2,3)15-6-4-14(5-7-15)19(25)22-16-8-10-17(11-9-16)23-20(26)24-18-12-13-18/h4-11,18H,12-13H2,1-3H3,(H,22,25)(H2,23,24,26). The van der Waals surface area contributed by atoms with Gasteiger partial charge in [-0.05, 0) is 60.2 Å². The molecule has 136 valence electrons. The monoisotopic (exact) mass is 351 g/mol. The topological polar surface area (TPSA) is 70.2 Å². The van der Waals surface area contributed by atoms with Gasteiger partial charge in [-0.2, -0.15) is 0 Å². The number of hydrogen-bond acceptors (Lipinski definition) is 2. The van der Waals surface area contributed by atoms with E-state index in [9.17, 15) is 9.59 Å². The predicted octanol–water partition coefficient (Wildman–Crippen LogP) is 4.52. The van der Waals surface area contributed by atoms with Crippen LogP contribution >= 0.6 is 0 Å². The van der Waals surface area contributed by atoms with Crippen molar-refractivity contribution in [2.24, 2.45) is 0 Å². The van der Waals surface area contributed by atoms with Gasteiger partial charge < -0.3 is 16.0 Å². The number of anilines is 2. The number of carbonyl (C=O) groups is 2. The van der Waals surface area contributed by atoms with E-state index in [0.717, 1.165) is 12.8 Å². The highest BCUT2D eigenvalue weighted by Gasteiger charge is 2.23. The van der Waals surface area contributed by atoms with Crippen LogP contribution in [-0.2, 0) is 5.41 Å². The van der Waals surface area contributed by atoms with Crippen LogP contribution in [0.1, 0.15) is 49.5 Å². The van der Waals surface area contributed by atoms with E-state index >= 15 is 0 Å². The summed E-state index contributed by atoms with van der Waals surface area (Å²) < 4.78 is 0. The molecule has 1 fully saturated rings. The number of rotatable bonds is 4. The minimum absolute atomic E-state index is 0.0592. The predicted molar refractivity (Wildman–Crippen MR) is 105 cm³/mol. The van der Waals surface area contributed by atoms with Crippen molar-refractivity contribution in [2.75, 3.05) is 10.6 Å². The van der Waals surface area contributed by atoms with Gasteiger partial charge in [-0.1, -0.05) is 32.9 Å². The van der Waals surface area contributed by atoms with Crippen LogP contribution < -0.4 is 16.0 Å². The summed E-state index contributed by atoms with van der Waals surface area (Å²) in [7, 11) is 0. The molecular formula is C21H25N3O2. The minimum atomic E-state index is -0.191.